The zero-order valence-electron chi connectivity index (χ0n) is 8.20. The molecule has 0 radical (unpaired) electrons. The van der Waals surface area contributed by atoms with E-state index in [-0.39, 0.29) is 0 Å². The maximum atomic E-state index is 5.86. The highest BCUT2D eigenvalue weighted by Gasteiger charge is 2.20. The molecule has 3 nitrogen and oxygen atoms in total. The van der Waals surface area contributed by atoms with Crippen molar-refractivity contribution < 1.29 is 0 Å². The topological polar surface area (TPSA) is 28.2 Å². The molecule has 1 atom stereocenters. The van der Waals surface area contributed by atoms with Gasteiger partial charge in [0.2, 0.25) is 0 Å². The Bertz CT molecular complexity index is 316. The lowest BCUT2D eigenvalue weighted by molar-refractivity contribution is 0.202. The maximum absolute atomic E-state index is 5.86. The normalized spacial score (nSPS) is 23.7. The van der Waals surface area contributed by atoms with Crippen LogP contribution in [0.25, 0.3) is 0 Å². The Kier molecular flexibility index (Phi) is 3.01. The summed E-state index contributed by atoms with van der Waals surface area (Å²) in [5.74, 6) is 0. The Morgan fingerprint density at radius 1 is 1.64 bits per heavy atom. The fraction of sp³-hybridized carbons (Fsp3) is 0.500. The lowest BCUT2D eigenvalue weighted by Gasteiger charge is -2.33. The molecule has 0 aromatic carbocycles. The molecule has 0 aliphatic carbocycles. The molecule has 76 valence electrons. The molecule has 0 saturated carbocycles. The summed E-state index contributed by atoms with van der Waals surface area (Å²) in [5, 5.41) is 3.95. The lowest BCUT2D eigenvalue weighted by atomic mass is 10.1. The van der Waals surface area contributed by atoms with E-state index in [1.54, 1.807) is 6.20 Å². The van der Waals surface area contributed by atoms with Crippen molar-refractivity contribution in [2.45, 2.75) is 6.04 Å². The van der Waals surface area contributed by atoms with Crippen LogP contribution in [0.2, 0.25) is 5.15 Å². The summed E-state index contributed by atoms with van der Waals surface area (Å²) in [6.45, 7) is 3.12. The average Bonchev–Trinajstić information content (AvgIpc) is 2.18. The molecule has 1 fully saturated rings. The molecule has 1 aliphatic heterocycles. The van der Waals surface area contributed by atoms with Crippen LogP contribution in [0.4, 0.5) is 0 Å². The van der Waals surface area contributed by atoms with Gasteiger partial charge in [-0.3, -0.25) is 4.90 Å². The molecular weight excluding hydrogens is 198 g/mol. The minimum absolute atomic E-state index is 0.421. The van der Waals surface area contributed by atoms with E-state index in [2.05, 4.69) is 22.2 Å². The molecular formula is C10H14ClN3. The number of halogens is 1. The van der Waals surface area contributed by atoms with Crippen LogP contribution in [-0.2, 0) is 0 Å². The minimum atomic E-state index is 0.421. The Morgan fingerprint density at radius 2 is 2.50 bits per heavy atom. The summed E-state index contributed by atoms with van der Waals surface area (Å²) in [5.41, 5.74) is 1.24. The summed E-state index contributed by atoms with van der Waals surface area (Å²) < 4.78 is 0. The molecule has 0 bridgehead atoms. The van der Waals surface area contributed by atoms with Crippen molar-refractivity contribution in [3.63, 3.8) is 0 Å². The zero-order chi connectivity index (χ0) is 9.97. The highest BCUT2D eigenvalue weighted by atomic mass is 35.5. The predicted octanol–water partition coefficient (Wildman–Crippen LogP) is 1.31. The van der Waals surface area contributed by atoms with E-state index in [0.29, 0.717) is 11.2 Å². The zero-order valence-corrected chi connectivity index (χ0v) is 8.96. The van der Waals surface area contributed by atoms with Gasteiger partial charge in [-0.25, -0.2) is 4.98 Å². The van der Waals surface area contributed by atoms with E-state index in [0.717, 1.165) is 19.6 Å². The Balaban J connectivity index is 2.20. The summed E-state index contributed by atoms with van der Waals surface area (Å²) in [4.78, 5) is 6.32. The fourth-order valence-electron chi connectivity index (χ4n) is 1.80. The first-order valence-corrected chi connectivity index (χ1v) is 5.17. The molecule has 1 unspecified atom stereocenters. The summed E-state index contributed by atoms with van der Waals surface area (Å²) >= 11 is 5.86. The van der Waals surface area contributed by atoms with Crippen LogP contribution in [0.1, 0.15) is 11.6 Å². The number of hydrogen-bond donors (Lipinski definition) is 1. The number of hydrogen-bond acceptors (Lipinski definition) is 3. The SMILES string of the molecule is CN1CCNCC1c1ccnc(Cl)c1. The van der Waals surface area contributed by atoms with Gasteiger partial charge < -0.3 is 5.32 Å². The number of nitrogens with one attached hydrogen (secondary N) is 1. The van der Waals surface area contributed by atoms with Gasteiger partial charge in [-0.15, -0.1) is 0 Å². The smallest absolute Gasteiger partial charge is 0.129 e. The fourth-order valence-corrected chi connectivity index (χ4v) is 1.99. The van der Waals surface area contributed by atoms with Crippen molar-refractivity contribution in [2.24, 2.45) is 0 Å². The number of pyridine rings is 1. The van der Waals surface area contributed by atoms with E-state index in [1.807, 2.05) is 12.1 Å². The van der Waals surface area contributed by atoms with E-state index in [9.17, 15) is 0 Å². The first kappa shape index (κ1) is 9.90. The van der Waals surface area contributed by atoms with Gasteiger partial charge in [0.15, 0.2) is 0 Å². The number of likely N-dealkylation sites (N-methyl/N-ethyl adjacent to an activating group) is 1. The number of rotatable bonds is 1. The number of nitrogens with zero attached hydrogens (tertiary/aromatic N) is 2. The molecule has 2 rings (SSSR count). The molecule has 1 N–H and O–H groups in total. The van der Waals surface area contributed by atoms with Crippen LogP contribution in [0.3, 0.4) is 0 Å². The summed E-state index contributed by atoms with van der Waals surface area (Å²) in [7, 11) is 2.14. The molecule has 4 heteroatoms. The second-order valence-electron chi connectivity index (χ2n) is 3.61. The van der Waals surface area contributed by atoms with Crippen molar-refractivity contribution in [3.8, 4) is 0 Å². The number of piperazine rings is 1. The standard InChI is InChI=1S/C10H14ClN3/c1-14-5-4-12-7-9(14)8-2-3-13-10(11)6-8/h2-3,6,9,12H,4-5,7H2,1H3. The van der Waals surface area contributed by atoms with Crippen LogP contribution in [0.15, 0.2) is 18.3 Å². The monoisotopic (exact) mass is 211 g/mol. The second-order valence-corrected chi connectivity index (χ2v) is 4.00. The van der Waals surface area contributed by atoms with E-state index in [4.69, 9.17) is 11.6 Å². The van der Waals surface area contributed by atoms with Crippen molar-refractivity contribution in [1.82, 2.24) is 15.2 Å². The molecule has 1 aromatic heterocycles. The van der Waals surface area contributed by atoms with E-state index in [1.165, 1.54) is 5.56 Å². The summed E-state index contributed by atoms with van der Waals surface area (Å²) in [6.07, 6.45) is 1.76. The van der Waals surface area contributed by atoms with E-state index >= 15 is 0 Å². The first-order valence-electron chi connectivity index (χ1n) is 4.80. The Labute approximate surface area is 89.1 Å². The average molecular weight is 212 g/mol. The van der Waals surface area contributed by atoms with Crippen LogP contribution in [0, 0.1) is 0 Å². The van der Waals surface area contributed by atoms with Crippen molar-refractivity contribution >= 4 is 11.6 Å². The molecule has 1 aliphatic rings. The van der Waals surface area contributed by atoms with Gasteiger partial charge in [-0.2, -0.15) is 0 Å². The van der Waals surface area contributed by atoms with Gasteiger partial charge in [0, 0.05) is 31.9 Å². The highest BCUT2D eigenvalue weighted by Crippen LogP contribution is 2.21. The minimum Gasteiger partial charge on any atom is -0.314 e. The first-order chi connectivity index (χ1) is 6.77. The van der Waals surface area contributed by atoms with E-state index < -0.39 is 0 Å². The summed E-state index contributed by atoms with van der Waals surface area (Å²) in [6, 6.07) is 4.39. The van der Waals surface area contributed by atoms with Crippen molar-refractivity contribution in [1.29, 1.82) is 0 Å². The highest BCUT2D eigenvalue weighted by molar-refractivity contribution is 6.29. The van der Waals surface area contributed by atoms with Gasteiger partial charge in [0.05, 0.1) is 0 Å². The largest absolute Gasteiger partial charge is 0.314 e. The molecule has 0 amide bonds. The van der Waals surface area contributed by atoms with Gasteiger partial charge in [-0.05, 0) is 24.7 Å². The maximum Gasteiger partial charge on any atom is 0.129 e. The molecule has 14 heavy (non-hydrogen) atoms. The Hall–Kier alpha value is -0.640. The molecule has 2 heterocycles. The van der Waals surface area contributed by atoms with Crippen LogP contribution in [-0.4, -0.2) is 36.6 Å². The van der Waals surface area contributed by atoms with Gasteiger partial charge in [0.25, 0.3) is 0 Å². The third kappa shape index (κ3) is 2.05. The predicted molar refractivity (Wildman–Crippen MR) is 57.5 cm³/mol. The number of aromatic nitrogens is 1. The molecule has 0 spiro atoms. The molecule has 1 saturated heterocycles. The van der Waals surface area contributed by atoms with Gasteiger partial charge in [0.1, 0.15) is 5.15 Å². The van der Waals surface area contributed by atoms with Crippen molar-refractivity contribution in [3.05, 3.63) is 29.0 Å². The Morgan fingerprint density at radius 3 is 3.21 bits per heavy atom. The van der Waals surface area contributed by atoms with Gasteiger partial charge in [-0.1, -0.05) is 11.6 Å². The quantitative estimate of drug-likeness (QED) is 0.711. The lowest BCUT2D eigenvalue weighted by Crippen LogP contribution is -2.43. The van der Waals surface area contributed by atoms with Crippen LogP contribution >= 0.6 is 11.6 Å². The van der Waals surface area contributed by atoms with Crippen LogP contribution < -0.4 is 5.32 Å². The third-order valence-electron chi connectivity index (χ3n) is 2.65. The van der Waals surface area contributed by atoms with Crippen molar-refractivity contribution in [2.75, 3.05) is 26.7 Å². The van der Waals surface area contributed by atoms with Gasteiger partial charge >= 0.3 is 0 Å². The molecule has 1 aromatic rings. The third-order valence-corrected chi connectivity index (χ3v) is 2.85. The van der Waals surface area contributed by atoms with Crippen LogP contribution in [0.5, 0.6) is 0 Å². The second kappa shape index (κ2) is 4.26.